The molecule has 0 atom stereocenters. The van der Waals surface area contributed by atoms with Crippen molar-refractivity contribution in [3.63, 3.8) is 0 Å². The van der Waals surface area contributed by atoms with Crippen LogP contribution in [0.25, 0.3) is 11.4 Å². The molecule has 1 aromatic carbocycles. The van der Waals surface area contributed by atoms with E-state index in [-0.39, 0.29) is 11.6 Å². The van der Waals surface area contributed by atoms with Gasteiger partial charge >= 0.3 is 6.18 Å². The number of halogens is 4. The molecule has 12 heteroatoms. The van der Waals surface area contributed by atoms with Gasteiger partial charge in [-0.3, -0.25) is 0 Å². The molecule has 0 aliphatic carbocycles. The van der Waals surface area contributed by atoms with Crippen LogP contribution in [0.2, 0.25) is 0 Å². The van der Waals surface area contributed by atoms with E-state index < -0.39 is 11.7 Å². The number of hydrogen-bond acceptors (Lipinski definition) is 8. The predicted octanol–water partition coefficient (Wildman–Crippen LogP) is 3.95. The largest absolute Gasteiger partial charge is 0.419 e. The lowest BCUT2D eigenvalue weighted by Gasteiger charge is -2.28. The second kappa shape index (κ2) is 10.4. The maximum Gasteiger partial charge on any atom is 0.419 e. The van der Waals surface area contributed by atoms with E-state index in [0.29, 0.717) is 87.8 Å². The zero-order valence-electron chi connectivity index (χ0n) is 20.4. The van der Waals surface area contributed by atoms with Crippen LogP contribution in [0, 0.1) is 12.7 Å². The summed E-state index contributed by atoms with van der Waals surface area (Å²) in [4.78, 5) is 23.8. The molecule has 2 aromatic heterocycles. The molecule has 0 radical (unpaired) electrons. The Morgan fingerprint density at radius 2 is 1.51 bits per heavy atom. The molecule has 0 bridgehead atoms. The molecule has 0 unspecified atom stereocenters. The van der Waals surface area contributed by atoms with Gasteiger partial charge in [-0.15, -0.1) is 0 Å². The third kappa shape index (κ3) is 5.58. The number of morpholine rings is 1. The Kier molecular flexibility index (Phi) is 7.09. The number of rotatable bonds is 4. The molecule has 2 aliphatic heterocycles. The fraction of sp³-hybridized carbons (Fsp3) is 0.440. The van der Waals surface area contributed by atoms with Crippen molar-refractivity contribution in [3.05, 3.63) is 53.5 Å². The van der Waals surface area contributed by atoms with Gasteiger partial charge < -0.3 is 19.4 Å². The minimum atomic E-state index is -4.49. The first-order valence-electron chi connectivity index (χ1n) is 12.2. The van der Waals surface area contributed by atoms with Crippen LogP contribution in [0.4, 0.5) is 35.3 Å². The smallest absolute Gasteiger partial charge is 0.378 e. The minimum absolute atomic E-state index is 0.0658. The lowest BCUT2D eigenvalue weighted by molar-refractivity contribution is -0.137. The summed E-state index contributed by atoms with van der Waals surface area (Å²) in [5.41, 5.74) is 0.401. The summed E-state index contributed by atoms with van der Waals surface area (Å²) in [5.74, 6) is 0.971. The van der Waals surface area contributed by atoms with Crippen LogP contribution in [0.3, 0.4) is 0 Å². The van der Waals surface area contributed by atoms with Gasteiger partial charge in [-0.05, 0) is 49.2 Å². The molecule has 8 nitrogen and oxygen atoms in total. The first-order valence-corrected chi connectivity index (χ1v) is 12.2. The molecule has 3 aromatic rings. The van der Waals surface area contributed by atoms with E-state index in [2.05, 4.69) is 9.97 Å². The number of hydrogen-bond donors (Lipinski definition) is 0. The SMILES string of the molecule is Cc1cc(-c2nc(N3CCOCC3)nc(N3CCCN(c4ncccc4C(F)(F)F)CC3)n2)ccc1F. The molecular formula is C25H27F4N7O. The van der Waals surface area contributed by atoms with Gasteiger partial charge in [-0.25, -0.2) is 9.37 Å². The van der Waals surface area contributed by atoms with Crippen molar-refractivity contribution in [1.82, 2.24) is 19.9 Å². The van der Waals surface area contributed by atoms with Gasteiger partial charge in [-0.2, -0.15) is 28.1 Å². The number of ether oxygens (including phenoxy) is 1. The maximum absolute atomic E-state index is 13.9. The third-order valence-corrected chi connectivity index (χ3v) is 6.49. The fourth-order valence-electron chi connectivity index (χ4n) is 4.51. The Labute approximate surface area is 211 Å². The van der Waals surface area contributed by atoms with Gasteiger partial charge in [-0.1, -0.05) is 0 Å². The highest BCUT2D eigenvalue weighted by Crippen LogP contribution is 2.35. The lowest BCUT2D eigenvalue weighted by Crippen LogP contribution is -2.38. The van der Waals surface area contributed by atoms with Crippen LogP contribution in [0.1, 0.15) is 17.5 Å². The zero-order valence-corrected chi connectivity index (χ0v) is 20.4. The molecule has 5 rings (SSSR count). The monoisotopic (exact) mass is 517 g/mol. The van der Waals surface area contributed by atoms with Gasteiger partial charge in [0.25, 0.3) is 0 Å². The van der Waals surface area contributed by atoms with Crippen molar-refractivity contribution >= 4 is 17.7 Å². The van der Waals surface area contributed by atoms with E-state index in [4.69, 9.17) is 14.7 Å². The predicted molar refractivity (Wildman–Crippen MR) is 131 cm³/mol. The maximum atomic E-state index is 13.9. The molecule has 0 amide bonds. The molecule has 0 spiro atoms. The molecule has 37 heavy (non-hydrogen) atoms. The second-order valence-corrected chi connectivity index (χ2v) is 9.02. The number of pyridine rings is 1. The highest BCUT2D eigenvalue weighted by molar-refractivity contribution is 5.60. The summed E-state index contributed by atoms with van der Waals surface area (Å²) >= 11 is 0. The normalized spacial score (nSPS) is 17.2. The van der Waals surface area contributed by atoms with Gasteiger partial charge in [0.15, 0.2) is 5.82 Å². The zero-order chi connectivity index (χ0) is 26.0. The highest BCUT2D eigenvalue weighted by atomic mass is 19.4. The third-order valence-electron chi connectivity index (χ3n) is 6.49. The van der Waals surface area contributed by atoms with Crippen molar-refractivity contribution in [2.45, 2.75) is 19.5 Å². The summed E-state index contributed by atoms with van der Waals surface area (Å²) in [6, 6.07) is 7.07. The Bertz CT molecular complexity index is 1250. The number of aromatic nitrogens is 4. The van der Waals surface area contributed by atoms with E-state index >= 15 is 0 Å². The summed E-state index contributed by atoms with van der Waals surface area (Å²) in [6.07, 6.45) is -2.51. The molecule has 2 fully saturated rings. The first kappa shape index (κ1) is 25.1. The Balaban J connectivity index is 1.45. The van der Waals surface area contributed by atoms with E-state index in [1.165, 1.54) is 18.3 Å². The van der Waals surface area contributed by atoms with Crippen molar-refractivity contribution in [1.29, 1.82) is 0 Å². The molecule has 4 heterocycles. The summed E-state index contributed by atoms with van der Waals surface area (Å²) in [7, 11) is 0. The van der Waals surface area contributed by atoms with Crippen LogP contribution in [-0.4, -0.2) is 72.4 Å². The number of nitrogens with zero attached hydrogens (tertiary/aromatic N) is 7. The van der Waals surface area contributed by atoms with Crippen molar-refractivity contribution in [2.24, 2.45) is 0 Å². The van der Waals surface area contributed by atoms with Crippen LogP contribution >= 0.6 is 0 Å². The van der Waals surface area contributed by atoms with Gasteiger partial charge in [0, 0.05) is 51.0 Å². The molecule has 196 valence electrons. The van der Waals surface area contributed by atoms with Gasteiger partial charge in [0.1, 0.15) is 11.6 Å². The van der Waals surface area contributed by atoms with Crippen molar-refractivity contribution in [2.75, 3.05) is 67.2 Å². The summed E-state index contributed by atoms with van der Waals surface area (Å²) in [6.45, 7) is 5.73. The summed E-state index contributed by atoms with van der Waals surface area (Å²) in [5, 5.41) is 0. The molecule has 0 N–H and O–H groups in total. The average Bonchev–Trinajstić information content (AvgIpc) is 3.16. The molecule has 2 aliphatic rings. The number of aryl methyl sites for hydroxylation is 1. The Morgan fingerprint density at radius 3 is 2.22 bits per heavy atom. The second-order valence-electron chi connectivity index (χ2n) is 9.02. The standard InChI is InChI=1S/C25H27F4N7O/c1-17-16-18(5-6-20(17)26)21-31-23(33-24(32-21)36-12-14-37-15-13-36)35-9-3-8-34(10-11-35)22-19(25(27,28)29)4-2-7-30-22/h2,4-7,16H,3,8-15H2,1H3. The van der Waals surface area contributed by atoms with Gasteiger partial charge in [0.05, 0.1) is 18.8 Å². The van der Waals surface area contributed by atoms with E-state index in [1.54, 1.807) is 24.0 Å². The van der Waals surface area contributed by atoms with Crippen LogP contribution in [0.5, 0.6) is 0 Å². The van der Waals surface area contributed by atoms with Crippen LogP contribution < -0.4 is 14.7 Å². The van der Waals surface area contributed by atoms with Crippen LogP contribution in [-0.2, 0) is 10.9 Å². The Morgan fingerprint density at radius 1 is 0.838 bits per heavy atom. The summed E-state index contributed by atoms with van der Waals surface area (Å²) < 4.78 is 60.1. The molecular weight excluding hydrogens is 490 g/mol. The topological polar surface area (TPSA) is 70.5 Å². The van der Waals surface area contributed by atoms with Crippen molar-refractivity contribution < 1.29 is 22.3 Å². The Hall–Kier alpha value is -3.54. The van der Waals surface area contributed by atoms with E-state index in [9.17, 15) is 17.6 Å². The van der Waals surface area contributed by atoms with Gasteiger partial charge in [0.2, 0.25) is 11.9 Å². The molecule has 2 saturated heterocycles. The van der Waals surface area contributed by atoms with Crippen LogP contribution in [0.15, 0.2) is 36.5 Å². The number of alkyl halides is 3. The quantitative estimate of drug-likeness (QED) is 0.482. The molecule has 0 saturated carbocycles. The van der Waals surface area contributed by atoms with E-state index in [0.717, 1.165) is 6.07 Å². The number of benzene rings is 1. The van der Waals surface area contributed by atoms with E-state index in [1.807, 2.05) is 9.80 Å². The highest BCUT2D eigenvalue weighted by Gasteiger charge is 2.36. The first-order chi connectivity index (χ1) is 17.8. The van der Waals surface area contributed by atoms with Crippen molar-refractivity contribution in [3.8, 4) is 11.4 Å². The fourth-order valence-corrected chi connectivity index (χ4v) is 4.51. The minimum Gasteiger partial charge on any atom is -0.378 e. The average molecular weight is 518 g/mol. The number of anilines is 3. The lowest BCUT2D eigenvalue weighted by atomic mass is 10.1.